The third-order valence-electron chi connectivity index (χ3n) is 3.41. The molecular formula is C15H14F2N2. The highest BCUT2D eigenvalue weighted by Gasteiger charge is 2.15. The van der Waals surface area contributed by atoms with Gasteiger partial charge in [0.2, 0.25) is 0 Å². The number of nitrogens with one attached hydrogen (secondary N) is 1. The summed E-state index contributed by atoms with van der Waals surface area (Å²) in [4.78, 5) is 2.18. The van der Waals surface area contributed by atoms with Gasteiger partial charge in [0.05, 0.1) is 5.69 Å². The lowest BCUT2D eigenvalue weighted by Crippen LogP contribution is -2.12. The Morgan fingerprint density at radius 1 is 1.11 bits per heavy atom. The molecule has 2 aromatic carbocycles. The van der Waals surface area contributed by atoms with Crippen molar-refractivity contribution in [3.8, 4) is 0 Å². The number of hydrogen-bond donors (Lipinski definition) is 1. The van der Waals surface area contributed by atoms with Crippen LogP contribution in [0.1, 0.15) is 5.56 Å². The average Bonchev–Trinajstić information content (AvgIpc) is 2.75. The van der Waals surface area contributed by atoms with Crippen LogP contribution in [0.3, 0.4) is 0 Å². The number of benzene rings is 2. The average molecular weight is 260 g/mol. The fraction of sp³-hybridized carbons (Fsp3) is 0.200. The second-order valence-electron chi connectivity index (χ2n) is 4.76. The summed E-state index contributed by atoms with van der Waals surface area (Å²) >= 11 is 0. The second kappa shape index (κ2) is 4.53. The summed E-state index contributed by atoms with van der Waals surface area (Å²) in [6.45, 7) is 0.993. The predicted octanol–water partition coefficient (Wildman–Crippen LogP) is 3.70. The summed E-state index contributed by atoms with van der Waals surface area (Å²) in [5.41, 5.74) is 3.36. The second-order valence-corrected chi connectivity index (χ2v) is 4.76. The van der Waals surface area contributed by atoms with Crippen molar-refractivity contribution in [3.05, 3.63) is 53.6 Å². The zero-order valence-corrected chi connectivity index (χ0v) is 10.6. The Kier molecular flexibility index (Phi) is 2.85. The third-order valence-corrected chi connectivity index (χ3v) is 3.41. The number of fused-ring (bicyclic) bond motifs is 1. The van der Waals surface area contributed by atoms with Crippen LogP contribution in [0.25, 0.3) is 0 Å². The van der Waals surface area contributed by atoms with Gasteiger partial charge in [-0.15, -0.1) is 0 Å². The van der Waals surface area contributed by atoms with Gasteiger partial charge < -0.3 is 10.2 Å². The third kappa shape index (κ3) is 2.26. The van der Waals surface area contributed by atoms with Gasteiger partial charge in [-0.1, -0.05) is 0 Å². The van der Waals surface area contributed by atoms with Crippen LogP contribution in [0.15, 0.2) is 36.4 Å². The first kappa shape index (κ1) is 12.0. The van der Waals surface area contributed by atoms with E-state index >= 15 is 0 Å². The molecule has 3 rings (SSSR count). The minimum absolute atomic E-state index is 0.159. The summed E-state index contributed by atoms with van der Waals surface area (Å²) in [7, 11) is 2.05. The van der Waals surface area contributed by atoms with E-state index in [4.69, 9.17) is 0 Å². The van der Waals surface area contributed by atoms with Crippen molar-refractivity contribution in [3.63, 3.8) is 0 Å². The standard InChI is InChI=1S/C15H14F2N2/c1-19-7-6-10-8-12(3-5-15(10)19)18-14-9-11(16)2-4-13(14)17/h2-5,8-9,18H,6-7H2,1H3. The first-order valence-corrected chi connectivity index (χ1v) is 6.19. The zero-order chi connectivity index (χ0) is 13.4. The Hall–Kier alpha value is -2.10. The Morgan fingerprint density at radius 2 is 1.95 bits per heavy atom. The number of nitrogens with zero attached hydrogens (tertiary/aromatic N) is 1. The van der Waals surface area contributed by atoms with E-state index in [1.807, 2.05) is 25.2 Å². The fourth-order valence-corrected chi connectivity index (χ4v) is 2.39. The Labute approximate surface area is 110 Å². The number of halogens is 2. The lowest BCUT2D eigenvalue weighted by Gasteiger charge is -2.13. The summed E-state index contributed by atoms with van der Waals surface area (Å²) < 4.78 is 26.7. The molecule has 0 radical (unpaired) electrons. The molecule has 1 aliphatic rings. The molecule has 0 spiro atoms. The molecule has 4 heteroatoms. The van der Waals surface area contributed by atoms with Gasteiger partial charge in [-0.2, -0.15) is 0 Å². The lowest BCUT2D eigenvalue weighted by atomic mass is 10.1. The predicted molar refractivity (Wildman–Crippen MR) is 73.1 cm³/mol. The van der Waals surface area contributed by atoms with Gasteiger partial charge in [-0.3, -0.25) is 0 Å². The first-order valence-electron chi connectivity index (χ1n) is 6.19. The van der Waals surface area contributed by atoms with E-state index in [0.717, 1.165) is 36.9 Å². The first-order chi connectivity index (χ1) is 9.13. The van der Waals surface area contributed by atoms with Crippen molar-refractivity contribution < 1.29 is 8.78 Å². The molecule has 0 fully saturated rings. The summed E-state index contributed by atoms with van der Waals surface area (Å²) in [6, 6.07) is 9.27. The maximum Gasteiger partial charge on any atom is 0.146 e. The molecule has 2 nitrogen and oxygen atoms in total. The van der Waals surface area contributed by atoms with Crippen LogP contribution >= 0.6 is 0 Å². The highest BCUT2D eigenvalue weighted by molar-refractivity contribution is 5.68. The van der Waals surface area contributed by atoms with Gasteiger partial charge in [-0.25, -0.2) is 8.78 Å². The molecule has 1 aliphatic heterocycles. The molecule has 19 heavy (non-hydrogen) atoms. The molecule has 2 aromatic rings. The zero-order valence-electron chi connectivity index (χ0n) is 10.6. The van der Waals surface area contributed by atoms with Crippen LogP contribution in [0, 0.1) is 11.6 Å². The Balaban J connectivity index is 1.90. The normalized spacial score (nSPS) is 13.5. The molecule has 0 atom stereocenters. The van der Waals surface area contributed by atoms with Crippen LogP contribution in [-0.4, -0.2) is 13.6 Å². The maximum absolute atomic E-state index is 13.6. The maximum atomic E-state index is 13.6. The minimum atomic E-state index is -0.459. The molecule has 0 amide bonds. The fourth-order valence-electron chi connectivity index (χ4n) is 2.39. The van der Waals surface area contributed by atoms with Crippen molar-refractivity contribution >= 4 is 17.1 Å². The van der Waals surface area contributed by atoms with E-state index < -0.39 is 11.6 Å². The van der Waals surface area contributed by atoms with Gasteiger partial charge in [0.15, 0.2) is 0 Å². The van der Waals surface area contributed by atoms with E-state index in [1.165, 1.54) is 11.3 Å². The molecule has 0 saturated carbocycles. The Bertz CT molecular complexity index is 626. The van der Waals surface area contributed by atoms with E-state index in [-0.39, 0.29) is 5.69 Å². The van der Waals surface area contributed by atoms with Crippen LogP contribution in [0.2, 0.25) is 0 Å². The number of anilines is 3. The topological polar surface area (TPSA) is 15.3 Å². The van der Waals surface area contributed by atoms with Crippen molar-refractivity contribution in [1.29, 1.82) is 0 Å². The van der Waals surface area contributed by atoms with Crippen molar-refractivity contribution in [1.82, 2.24) is 0 Å². The molecule has 0 saturated heterocycles. The quantitative estimate of drug-likeness (QED) is 0.885. The van der Waals surface area contributed by atoms with Crippen molar-refractivity contribution in [2.24, 2.45) is 0 Å². The van der Waals surface area contributed by atoms with Gasteiger partial charge in [-0.05, 0) is 42.3 Å². The Morgan fingerprint density at radius 3 is 2.79 bits per heavy atom. The smallest absolute Gasteiger partial charge is 0.146 e. The van der Waals surface area contributed by atoms with Crippen molar-refractivity contribution in [2.75, 3.05) is 23.8 Å². The van der Waals surface area contributed by atoms with Crippen LogP contribution in [0.4, 0.5) is 25.8 Å². The molecule has 1 heterocycles. The van der Waals surface area contributed by atoms with Gasteiger partial charge in [0, 0.05) is 31.0 Å². The summed E-state index contributed by atoms with van der Waals surface area (Å²) in [5.74, 6) is -0.913. The molecule has 0 bridgehead atoms. The van der Waals surface area contributed by atoms with Crippen molar-refractivity contribution in [2.45, 2.75) is 6.42 Å². The highest BCUT2D eigenvalue weighted by Crippen LogP contribution is 2.30. The molecule has 0 aliphatic carbocycles. The van der Waals surface area contributed by atoms with Crippen LogP contribution in [0.5, 0.6) is 0 Å². The number of hydrogen-bond acceptors (Lipinski definition) is 2. The number of rotatable bonds is 2. The van der Waals surface area contributed by atoms with E-state index in [1.54, 1.807) is 0 Å². The highest BCUT2D eigenvalue weighted by atomic mass is 19.1. The molecular weight excluding hydrogens is 246 g/mol. The largest absolute Gasteiger partial charge is 0.374 e. The molecule has 98 valence electrons. The van der Waals surface area contributed by atoms with E-state index in [0.29, 0.717) is 0 Å². The molecule has 0 unspecified atom stereocenters. The molecule has 0 aromatic heterocycles. The van der Waals surface area contributed by atoms with Crippen LogP contribution < -0.4 is 10.2 Å². The van der Waals surface area contributed by atoms with Gasteiger partial charge >= 0.3 is 0 Å². The van der Waals surface area contributed by atoms with Gasteiger partial charge in [0.1, 0.15) is 11.6 Å². The SMILES string of the molecule is CN1CCc2cc(Nc3cc(F)ccc3F)ccc21. The van der Waals surface area contributed by atoms with E-state index in [9.17, 15) is 8.78 Å². The molecule has 1 N–H and O–H groups in total. The monoisotopic (exact) mass is 260 g/mol. The van der Waals surface area contributed by atoms with Crippen LogP contribution in [-0.2, 0) is 6.42 Å². The van der Waals surface area contributed by atoms with Gasteiger partial charge in [0.25, 0.3) is 0 Å². The number of likely N-dealkylation sites (N-methyl/N-ethyl adjacent to an activating group) is 1. The lowest BCUT2D eigenvalue weighted by molar-refractivity contribution is 0.603. The van der Waals surface area contributed by atoms with E-state index in [2.05, 4.69) is 10.2 Å². The summed E-state index contributed by atoms with van der Waals surface area (Å²) in [5, 5.41) is 2.92. The summed E-state index contributed by atoms with van der Waals surface area (Å²) in [6.07, 6.45) is 0.979. The minimum Gasteiger partial charge on any atom is -0.374 e.